The minimum atomic E-state index is -0.356. The van der Waals surface area contributed by atoms with Crippen LogP contribution in [-0.2, 0) is 10.8 Å². The fourth-order valence-corrected chi connectivity index (χ4v) is 6.02. The summed E-state index contributed by atoms with van der Waals surface area (Å²) in [5.41, 5.74) is 4.69. The van der Waals surface area contributed by atoms with Crippen LogP contribution in [0.5, 0.6) is 0 Å². The number of benzene rings is 4. The molecule has 36 heavy (non-hydrogen) atoms. The van der Waals surface area contributed by atoms with Crippen LogP contribution in [0.1, 0.15) is 75.7 Å². The van der Waals surface area contributed by atoms with Gasteiger partial charge in [0, 0.05) is 37.7 Å². The first-order chi connectivity index (χ1) is 17.1. The number of carbonyl (C=O) groups excluding carboxylic acids is 2. The average molecular weight is 513 g/mol. The fraction of sp³-hybridized carbons (Fsp3) is 0.188. The predicted octanol–water partition coefficient (Wildman–Crippen LogP) is 8.44. The lowest BCUT2D eigenvalue weighted by Gasteiger charge is -2.28. The quantitative estimate of drug-likeness (QED) is 0.251. The van der Waals surface area contributed by atoms with E-state index in [0.717, 1.165) is 23.1 Å². The summed E-state index contributed by atoms with van der Waals surface area (Å²) in [6.45, 7) is 6.57. The molecule has 1 unspecified atom stereocenters. The predicted molar refractivity (Wildman–Crippen MR) is 147 cm³/mol. The molecule has 180 valence electrons. The van der Waals surface area contributed by atoms with Gasteiger partial charge in [0.1, 0.15) is 0 Å². The van der Waals surface area contributed by atoms with Crippen LogP contribution in [0.15, 0.2) is 91.0 Å². The smallest absolute Gasteiger partial charge is 0.193 e. The van der Waals surface area contributed by atoms with E-state index in [1.54, 1.807) is 54.6 Å². The number of hydrogen-bond acceptors (Lipinski definition) is 2. The van der Waals surface area contributed by atoms with Crippen LogP contribution in [0.25, 0.3) is 0 Å². The highest BCUT2D eigenvalue weighted by atomic mass is 35.5. The summed E-state index contributed by atoms with van der Waals surface area (Å²) >= 11 is 12.1. The lowest BCUT2D eigenvalue weighted by molar-refractivity contribution is 0.103. The highest BCUT2D eigenvalue weighted by Gasteiger charge is 2.48. The van der Waals surface area contributed by atoms with Crippen molar-refractivity contribution in [2.75, 3.05) is 0 Å². The van der Waals surface area contributed by atoms with Crippen molar-refractivity contribution in [2.24, 2.45) is 0 Å². The Kier molecular flexibility index (Phi) is 6.14. The van der Waals surface area contributed by atoms with Crippen LogP contribution in [0.2, 0.25) is 10.0 Å². The van der Waals surface area contributed by atoms with Gasteiger partial charge < -0.3 is 0 Å². The van der Waals surface area contributed by atoms with E-state index >= 15 is 0 Å². The van der Waals surface area contributed by atoms with Gasteiger partial charge in [0.2, 0.25) is 0 Å². The Balaban J connectivity index is 1.77. The maximum absolute atomic E-state index is 13.9. The van der Waals surface area contributed by atoms with E-state index in [4.69, 9.17) is 23.2 Å². The summed E-state index contributed by atoms with van der Waals surface area (Å²) in [5.74, 6) is -0.251. The van der Waals surface area contributed by atoms with Gasteiger partial charge in [-0.3, -0.25) is 9.59 Å². The van der Waals surface area contributed by atoms with Gasteiger partial charge in [0.25, 0.3) is 0 Å². The number of ketones is 2. The molecule has 1 aliphatic carbocycles. The maximum atomic E-state index is 13.9. The van der Waals surface area contributed by atoms with E-state index < -0.39 is 0 Å². The van der Waals surface area contributed by atoms with Gasteiger partial charge in [-0.15, -0.1) is 0 Å². The Bertz CT molecular complexity index is 1470. The van der Waals surface area contributed by atoms with E-state index in [-0.39, 0.29) is 22.4 Å². The SMILES string of the molecule is CC1(C)CC(C)(c2ccccc2)c2cc(C(=O)c3ccc(Cl)cc3)cc(C(=O)c3ccc(Cl)cc3)c21. The molecule has 0 aromatic heterocycles. The topological polar surface area (TPSA) is 34.1 Å². The molecule has 4 aromatic carbocycles. The van der Waals surface area contributed by atoms with Crippen LogP contribution in [0.3, 0.4) is 0 Å². The number of hydrogen-bond donors (Lipinski definition) is 0. The van der Waals surface area contributed by atoms with E-state index in [1.165, 1.54) is 0 Å². The minimum Gasteiger partial charge on any atom is -0.289 e. The molecule has 0 amide bonds. The van der Waals surface area contributed by atoms with Crippen LogP contribution in [0, 0.1) is 0 Å². The minimum absolute atomic E-state index is 0.112. The zero-order valence-corrected chi connectivity index (χ0v) is 22.0. The lowest BCUT2D eigenvalue weighted by atomic mass is 9.75. The Morgan fingerprint density at radius 3 is 1.75 bits per heavy atom. The number of halogens is 2. The summed E-state index contributed by atoms with van der Waals surface area (Å²) in [7, 11) is 0. The maximum Gasteiger partial charge on any atom is 0.193 e. The molecule has 1 atom stereocenters. The molecule has 0 radical (unpaired) electrons. The second kappa shape index (κ2) is 9.03. The van der Waals surface area contributed by atoms with Crippen LogP contribution in [0.4, 0.5) is 0 Å². The van der Waals surface area contributed by atoms with Crippen molar-refractivity contribution in [3.63, 3.8) is 0 Å². The van der Waals surface area contributed by atoms with Crippen LogP contribution < -0.4 is 0 Å². The van der Waals surface area contributed by atoms with Crippen molar-refractivity contribution < 1.29 is 9.59 Å². The Morgan fingerprint density at radius 1 is 0.667 bits per heavy atom. The molecule has 0 fully saturated rings. The zero-order chi connectivity index (χ0) is 25.7. The molecule has 4 aromatic rings. The number of fused-ring (bicyclic) bond motifs is 1. The van der Waals surface area contributed by atoms with E-state index in [2.05, 4.69) is 32.9 Å². The summed E-state index contributed by atoms with van der Waals surface area (Å²) in [4.78, 5) is 27.6. The van der Waals surface area contributed by atoms with Gasteiger partial charge in [-0.05, 0) is 89.2 Å². The first kappa shape index (κ1) is 24.5. The fourth-order valence-electron chi connectivity index (χ4n) is 5.77. The van der Waals surface area contributed by atoms with Gasteiger partial charge >= 0.3 is 0 Å². The van der Waals surface area contributed by atoms with E-state index in [0.29, 0.717) is 32.3 Å². The second-order valence-corrected chi connectivity index (χ2v) is 11.3. The van der Waals surface area contributed by atoms with E-state index in [1.807, 2.05) is 24.3 Å². The van der Waals surface area contributed by atoms with Crippen molar-refractivity contribution in [2.45, 2.75) is 38.0 Å². The van der Waals surface area contributed by atoms with Crippen molar-refractivity contribution in [1.29, 1.82) is 0 Å². The largest absolute Gasteiger partial charge is 0.289 e. The van der Waals surface area contributed by atoms with Gasteiger partial charge in [-0.2, -0.15) is 0 Å². The van der Waals surface area contributed by atoms with Gasteiger partial charge in [-0.1, -0.05) is 74.3 Å². The highest BCUT2D eigenvalue weighted by molar-refractivity contribution is 6.31. The molecule has 0 aliphatic heterocycles. The molecule has 0 heterocycles. The van der Waals surface area contributed by atoms with Crippen LogP contribution in [-0.4, -0.2) is 11.6 Å². The summed E-state index contributed by atoms with van der Waals surface area (Å²) in [6.07, 6.45) is 0.818. The molecule has 0 saturated heterocycles. The molecule has 4 heteroatoms. The third kappa shape index (κ3) is 4.19. The monoisotopic (exact) mass is 512 g/mol. The lowest BCUT2D eigenvalue weighted by Crippen LogP contribution is -2.23. The van der Waals surface area contributed by atoms with Crippen molar-refractivity contribution in [3.05, 3.63) is 140 Å². The van der Waals surface area contributed by atoms with Gasteiger partial charge in [-0.25, -0.2) is 0 Å². The van der Waals surface area contributed by atoms with Crippen molar-refractivity contribution >= 4 is 34.8 Å². The standard InChI is InChI=1S/C32H26Cl2O2/c1-31(2)19-32(3,23-7-5-4-6-8-23)27-18-22(29(35)20-9-13-24(33)14-10-20)17-26(28(27)31)30(36)21-11-15-25(34)16-12-21/h4-18H,19H2,1-3H3. The first-order valence-corrected chi connectivity index (χ1v) is 12.7. The Hall–Kier alpha value is -3.20. The molecule has 0 bridgehead atoms. The highest BCUT2D eigenvalue weighted by Crippen LogP contribution is 2.54. The third-order valence-corrected chi connectivity index (χ3v) is 7.84. The normalized spacial score (nSPS) is 18.0. The molecule has 0 saturated carbocycles. The van der Waals surface area contributed by atoms with Crippen molar-refractivity contribution in [1.82, 2.24) is 0 Å². The van der Waals surface area contributed by atoms with Crippen LogP contribution >= 0.6 is 23.2 Å². The molecule has 0 spiro atoms. The molecular formula is C32H26Cl2O2. The van der Waals surface area contributed by atoms with Gasteiger partial charge in [0.15, 0.2) is 11.6 Å². The number of rotatable bonds is 5. The average Bonchev–Trinajstić information content (AvgIpc) is 3.10. The van der Waals surface area contributed by atoms with Gasteiger partial charge in [0.05, 0.1) is 0 Å². The molecule has 2 nitrogen and oxygen atoms in total. The zero-order valence-electron chi connectivity index (χ0n) is 20.4. The van der Waals surface area contributed by atoms with Crippen molar-refractivity contribution in [3.8, 4) is 0 Å². The third-order valence-electron chi connectivity index (χ3n) is 7.34. The summed E-state index contributed by atoms with van der Waals surface area (Å²) in [6, 6.07) is 27.9. The molecule has 1 aliphatic rings. The molecule has 5 rings (SSSR count). The molecule has 0 N–H and O–H groups in total. The Labute approximate surface area is 221 Å². The van der Waals surface area contributed by atoms with E-state index in [9.17, 15) is 9.59 Å². The summed E-state index contributed by atoms with van der Waals surface area (Å²) in [5, 5.41) is 1.14. The number of carbonyl (C=O) groups is 2. The molecular weight excluding hydrogens is 487 g/mol. The summed E-state index contributed by atoms with van der Waals surface area (Å²) < 4.78 is 0. The first-order valence-electron chi connectivity index (χ1n) is 12.0. The Morgan fingerprint density at radius 2 is 1.19 bits per heavy atom. The second-order valence-electron chi connectivity index (χ2n) is 10.4.